The fourth-order valence-electron chi connectivity index (χ4n) is 2.80. The summed E-state index contributed by atoms with van der Waals surface area (Å²) >= 11 is 0. The molecule has 1 unspecified atom stereocenters. The third kappa shape index (κ3) is 1.95. The second kappa shape index (κ2) is 4.57. The molecule has 0 bridgehead atoms. The normalized spacial score (nSPS) is 22.2. The summed E-state index contributed by atoms with van der Waals surface area (Å²) in [7, 11) is 1.61. The van der Waals surface area contributed by atoms with Gasteiger partial charge in [0.25, 0.3) is 5.91 Å². The van der Waals surface area contributed by atoms with Gasteiger partial charge in [-0.2, -0.15) is 0 Å². The Morgan fingerprint density at radius 1 is 1.37 bits per heavy atom. The highest BCUT2D eigenvalue weighted by Gasteiger charge is 2.35. The van der Waals surface area contributed by atoms with E-state index in [0.29, 0.717) is 19.5 Å². The number of nitrogens with one attached hydrogen (secondary N) is 1. The number of nitrogens with zero attached hydrogens (tertiary/aromatic N) is 1. The van der Waals surface area contributed by atoms with Gasteiger partial charge in [0, 0.05) is 24.1 Å². The van der Waals surface area contributed by atoms with Crippen LogP contribution in [0.1, 0.15) is 28.8 Å². The summed E-state index contributed by atoms with van der Waals surface area (Å²) in [6, 6.07) is 5.63. The van der Waals surface area contributed by atoms with Crippen LogP contribution in [-0.2, 0) is 11.3 Å². The van der Waals surface area contributed by atoms with Crippen LogP contribution in [0.2, 0.25) is 0 Å². The number of hydrogen-bond acceptors (Lipinski definition) is 3. The van der Waals surface area contributed by atoms with E-state index >= 15 is 0 Å². The Kier molecular flexibility index (Phi) is 2.89. The maximum atomic E-state index is 12.4. The molecule has 0 aromatic heterocycles. The van der Waals surface area contributed by atoms with Gasteiger partial charge in [-0.25, -0.2) is 0 Å². The second-order valence-electron chi connectivity index (χ2n) is 4.92. The van der Waals surface area contributed by atoms with Crippen LogP contribution < -0.4 is 10.1 Å². The van der Waals surface area contributed by atoms with Crippen molar-refractivity contribution < 1.29 is 14.3 Å². The van der Waals surface area contributed by atoms with E-state index in [1.54, 1.807) is 7.11 Å². The fourth-order valence-corrected chi connectivity index (χ4v) is 2.80. The van der Waals surface area contributed by atoms with Crippen molar-refractivity contribution in [2.45, 2.75) is 25.4 Å². The number of methoxy groups -OCH3 is 1. The zero-order valence-corrected chi connectivity index (χ0v) is 10.8. The van der Waals surface area contributed by atoms with Crippen molar-refractivity contribution in [3.05, 3.63) is 29.3 Å². The van der Waals surface area contributed by atoms with Gasteiger partial charge in [0.2, 0.25) is 5.91 Å². The molecule has 2 aliphatic rings. The molecule has 1 aromatic carbocycles. The molecule has 1 saturated heterocycles. The average molecular weight is 260 g/mol. The topological polar surface area (TPSA) is 58.6 Å². The van der Waals surface area contributed by atoms with E-state index in [2.05, 4.69) is 5.32 Å². The van der Waals surface area contributed by atoms with Gasteiger partial charge in [0.1, 0.15) is 5.75 Å². The summed E-state index contributed by atoms with van der Waals surface area (Å²) in [6.45, 7) is 1.11. The quantitative estimate of drug-likeness (QED) is 0.860. The number of amides is 2. The van der Waals surface area contributed by atoms with E-state index in [1.165, 1.54) is 0 Å². The van der Waals surface area contributed by atoms with Crippen molar-refractivity contribution >= 4 is 11.8 Å². The van der Waals surface area contributed by atoms with Crippen LogP contribution in [0.5, 0.6) is 5.75 Å². The van der Waals surface area contributed by atoms with Gasteiger partial charge in [-0.3, -0.25) is 9.59 Å². The molecule has 0 spiro atoms. The third-order valence-electron chi connectivity index (χ3n) is 3.85. The van der Waals surface area contributed by atoms with Crippen LogP contribution in [0, 0.1) is 0 Å². The lowest BCUT2D eigenvalue weighted by Gasteiger charge is -2.31. The lowest BCUT2D eigenvalue weighted by molar-refractivity contribution is -0.123. The van der Waals surface area contributed by atoms with E-state index in [9.17, 15) is 9.59 Å². The Balaban J connectivity index is 1.85. The summed E-state index contributed by atoms with van der Waals surface area (Å²) in [5.41, 5.74) is 1.67. The zero-order chi connectivity index (χ0) is 13.4. The van der Waals surface area contributed by atoms with Gasteiger partial charge in [0.15, 0.2) is 0 Å². The molecule has 1 atom stereocenters. The minimum Gasteiger partial charge on any atom is -0.496 e. The van der Waals surface area contributed by atoms with E-state index in [4.69, 9.17) is 4.74 Å². The summed E-state index contributed by atoms with van der Waals surface area (Å²) in [6.07, 6.45) is 1.22. The average Bonchev–Trinajstić information content (AvgIpc) is 2.77. The van der Waals surface area contributed by atoms with Crippen LogP contribution in [0.25, 0.3) is 0 Å². The van der Waals surface area contributed by atoms with E-state index in [0.717, 1.165) is 23.3 Å². The molecule has 1 fully saturated rings. The molecule has 2 aliphatic heterocycles. The highest BCUT2D eigenvalue weighted by atomic mass is 16.5. The Morgan fingerprint density at radius 3 is 2.89 bits per heavy atom. The van der Waals surface area contributed by atoms with E-state index in [-0.39, 0.29) is 17.9 Å². The molecule has 0 aliphatic carbocycles. The van der Waals surface area contributed by atoms with Crippen LogP contribution in [0.3, 0.4) is 0 Å². The van der Waals surface area contributed by atoms with Gasteiger partial charge in [-0.15, -0.1) is 0 Å². The molecule has 100 valence electrons. The second-order valence-corrected chi connectivity index (χ2v) is 4.92. The monoisotopic (exact) mass is 260 g/mol. The molecule has 2 heterocycles. The summed E-state index contributed by atoms with van der Waals surface area (Å²) in [5.74, 6) is 0.862. The standard InChI is InChI=1S/C14H16N2O3/c1-19-12-4-2-3-10-11(12)8-16(14(10)18)9-5-6-13(17)15-7-9/h2-4,9H,5-8H2,1H3,(H,15,17). The summed E-state index contributed by atoms with van der Waals surface area (Å²) in [5, 5.41) is 2.82. The van der Waals surface area contributed by atoms with Crippen molar-refractivity contribution in [1.82, 2.24) is 10.2 Å². The zero-order valence-electron chi connectivity index (χ0n) is 10.8. The van der Waals surface area contributed by atoms with Gasteiger partial charge < -0.3 is 15.0 Å². The van der Waals surface area contributed by atoms with Gasteiger partial charge in [0.05, 0.1) is 19.7 Å². The summed E-state index contributed by atoms with van der Waals surface area (Å²) in [4.78, 5) is 25.4. The van der Waals surface area contributed by atoms with Crippen LogP contribution >= 0.6 is 0 Å². The molecule has 0 saturated carbocycles. The first-order chi connectivity index (χ1) is 9.20. The first kappa shape index (κ1) is 12.0. The number of carbonyl (C=O) groups is 2. The SMILES string of the molecule is COc1cccc2c1CN(C1CCC(=O)NC1)C2=O. The van der Waals surface area contributed by atoms with Gasteiger partial charge >= 0.3 is 0 Å². The minimum atomic E-state index is 0.0371. The molecule has 2 amide bonds. The Bertz CT molecular complexity index is 531. The van der Waals surface area contributed by atoms with Crippen LogP contribution in [-0.4, -0.2) is 36.4 Å². The predicted molar refractivity (Wildman–Crippen MR) is 68.9 cm³/mol. The minimum absolute atomic E-state index is 0.0371. The molecule has 0 radical (unpaired) electrons. The fraction of sp³-hybridized carbons (Fsp3) is 0.429. The third-order valence-corrected chi connectivity index (χ3v) is 3.85. The molecular formula is C14H16N2O3. The maximum absolute atomic E-state index is 12.4. The largest absolute Gasteiger partial charge is 0.496 e. The summed E-state index contributed by atoms with van der Waals surface area (Å²) < 4.78 is 5.31. The van der Waals surface area contributed by atoms with Crippen molar-refractivity contribution in [2.75, 3.05) is 13.7 Å². The van der Waals surface area contributed by atoms with Crippen molar-refractivity contribution in [3.8, 4) is 5.75 Å². The smallest absolute Gasteiger partial charge is 0.254 e. The number of ether oxygens (including phenoxy) is 1. The molecule has 1 N–H and O–H groups in total. The molecule has 5 heteroatoms. The lowest BCUT2D eigenvalue weighted by atomic mass is 10.1. The predicted octanol–water partition coefficient (Wildman–Crippen LogP) is 0.930. The highest BCUT2D eigenvalue weighted by molar-refractivity contribution is 5.99. The lowest BCUT2D eigenvalue weighted by Crippen LogP contribution is -2.48. The number of carbonyl (C=O) groups excluding carboxylic acids is 2. The molecule has 19 heavy (non-hydrogen) atoms. The Labute approximate surface area is 111 Å². The first-order valence-electron chi connectivity index (χ1n) is 6.44. The molecular weight excluding hydrogens is 244 g/mol. The number of piperidine rings is 1. The molecule has 1 aromatic rings. The molecule has 3 rings (SSSR count). The number of benzene rings is 1. The Morgan fingerprint density at radius 2 is 2.21 bits per heavy atom. The maximum Gasteiger partial charge on any atom is 0.254 e. The van der Waals surface area contributed by atoms with Crippen LogP contribution in [0.15, 0.2) is 18.2 Å². The van der Waals surface area contributed by atoms with E-state index < -0.39 is 0 Å². The number of rotatable bonds is 2. The van der Waals surface area contributed by atoms with Crippen molar-refractivity contribution in [2.24, 2.45) is 0 Å². The van der Waals surface area contributed by atoms with Crippen molar-refractivity contribution in [3.63, 3.8) is 0 Å². The van der Waals surface area contributed by atoms with Gasteiger partial charge in [-0.05, 0) is 18.6 Å². The Hall–Kier alpha value is -2.04. The molecule has 5 nitrogen and oxygen atoms in total. The number of fused-ring (bicyclic) bond motifs is 1. The van der Waals surface area contributed by atoms with E-state index in [1.807, 2.05) is 23.1 Å². The number of hydrogen-bond donors (Lipinski definition) is 1. The van der Waals surface area contributed by atoms with Crippen molar-refractivity contribution in [1.29, 1.82) is 0 Å². The van der Waals surface area contributed by atoms with Crippen LogP contribution in [0.4, 0.5) is 0 Å². The first-order valence-corrected chi connectivity index (χ1v) is 6.44. The highest BCUT2D eigenvalue weighted by Crippen LogP contribution is 2.32. The van der Waals surface area contributed by atoms with Gasteiger partial charge in [-0.1, -0.05) is 6.07 Å².